The Morgan fingerprint density at radius 1 is 1.12 bits per heavy atom. The van der Waals surface area contributed by atoms with Crippen molar-refractivity contribution in [1.82, 2.24) is 5.06 Å². The molecule has 6 heteroatoms. The molecule has 24 heavy (non-hydrogen) atoms. The van der Waals surface area contributed by atoms with Crippen LogP contribution in [0.5, 0.6) is 0 Å². The molecule has 0 aliphatic carbocycles. The molecule has 1 fully saturated rings. The van der Waals surface area contributed by atoms with E-state index in [9.17, 15) is 14.4 Å². The topological polar surface area (TPSA) is 72.9 Å². The number of nitrogens with zero attached hydrogens (tertiary/aromatic N) is 1. The number of hydrogen-bond donors (Lipinski definition) is 0. The van der Waals surface area contributed by atoms with Crippen molar-refractivity contribution in [2.24, 2.45) is 0 Å². The lowest BCUT2D eigenvalue weighted by Gasteiger charge is -2.15. The van der Waals surface area contributed by atoms with Crippen LogP contribution in [0.15, 0.2) is 12.2 Å². The number of carbonyl (C=O) groups excluding carboxylic acids is 3. The summed E-state index contributed by atoms with van der Waals surface area (Å²) in [6, 6.07) is 0. The fourth-order valence-electron chi connectivity index (χ4n) is 1.71. The maximum Gasteiger partial charge on any atom is 0.534 e. The van der Waals surface area contributed by atoms with Gasteiger partial charge in [-0.1, -0.05) is 65.5 Å². The van der Waals surface area contributed by atoms with E-state index < -0.39 is 24.1 Å². The van der Waals surface area contributed by atoms with Crippen molar-refractivity contribution in [2.45, 2.75) is 86.2 Å². The number of ether oxygens (including phenoxy) is 1. The summed E-state index contributed by atoms with van der Waals surface area (Å²) in [5.74, 6) is -1.03. The third-order valence-corrected chi connectivity index (χ3v) is 2.90. The molecule has 0 aromatic heterocycles. The Hall–Kier alpha value is -1.85. The molecule has 0 aromatic carbocycles. The normalized spacial score (nSPS) is 14.5. The van der Waals surface area contributed by atoms with Gasteiger partial charge < -0.3 is 4.74 Å². The van der Waals surface area contributed by atoms with Gasteiger partial charge in [-0.3, -0.25) is 14.4 Å². The molecule has 0 saturated carbocycles. The third-order valence-electron chi connectivity index (χ3n) is 2.90. The van der Waals surface area contributed by atoms with Crippen LogP contribution in [0.3, 0.4) is 0 Å². The number of unbranched alkanes of at least 4 members (excludes halogenated alkanes) is 2. The smallest absolute Gasteiger partial charge is 0.425 e. The second-order valence-electron chi connectivity index (χ2n) is 4.56. The molecule has 1 atom stereocenters. The van der Waals surface area contributed by atoms with Crippen molar-refractivity contribution in [3.05, 3.63) is 12.2 Å². The zero-order chi connectivity index (χ0) is 19.0. The lowest BCUT2D eigenvalue weighted by atomic mass is 10.2. The molecule has 0 bridgehead atoms. The highest BCUT2D eigenvalue weighted by Crippen LogP contribution is 2.13. The van der Waals surface area contributed by atoms with Crippen molar-refractivity contribution in [3.63, 3.8) is 0 Å². The van der Waals surface area contributed by atoms with Gasteiger partial charge in [0.2, 0.25) is 0 Å². The summed E-state index contributed by atoms with van der Waals surface area (Å²) in [6.07, 6.45) is 6.15. The number of hydrogen-bond acceptors (Lipinski definition) is 5. The van der Waals surface area contributed by atoms with E-state index in [0.717, 1.165) is 19.3 Å². The first kappa shape index (κ1) is 24.4. The van der Waals surface area contributed by atoms with Gasteiger partial charge in [-0.05, 0) is 18.9 Å². The van der Waals surface area contributed by atoms with Gasteiger partial charge in [-0.25, -0.2) is 4.79 Å². The molecule has 1 heterocycles. The van der Waals surface area contributed by atoms with Crippen molar-refractivity contribution < 1.29 is 24.0 Å². The molecule has 1 aliphatic heterocycles. The van der Waals surface area contributed by atoms with Crippen LogP contribution < -0.4 is 0 Å². The van der Waals surface area contributed by atoms with Crippen molar-refractivity contribution in [1.29, 1.82) is 0 Å². The molecule has 2 amide bonds. The lowest BCUT2D eigenvalue weighted by Crippen LogP contribution is -2.33. The molecule has 1 unspecified atom stereocenters. The van der Waals surface area contributed by atoms with Crippen molar-refractivity contribution in [2.75, 3.05) is 0 Å². The number of amides is 2. The molecular weight excluding hydrogens is 310 g/mol. The summed E-state index contributed by atoms with van der Waals surface area (Å²) < 4.78 is 5.04. The molecule has 1 saturated heterocycles. The van der Waals surface area contributed by atoms with Crippen LogP contribution in [0.25, 0.3) is 0 Å². The highest BCUT2D eigenvalue weighted by molar-refractivity contribution is 6.01. The Bertz CT molecular complexity index is 377. The molecule has 1 aliphatic rings. The van der Waals surface area contributed by atoms with E-state index in [1.165, 1.54) is 0 Å². The first-order chi connectivity index (χ1) is 11.6. The fraction of sp³-hybridized carbons (Fsp3) is 0.722. The summed E-state index contributed by atoms with van der Waals surface area (Å²) in [4.78, 5) is 38.7. The largest absolute Gasteiger partial charge is 0.534 e. The second kappa shape index (κ2) is 16.0. The van der Waals surface area contributed by atoms with Crippen molar-refractivity contribution in [3.8, 4) is 0 Å². The van der Waals surface area contributed by atoms with Gasteiger partial charge in [0.1, 0.15) is 6.10 Å². The minimum atomic E-state index is -1.03. The Kier molecular flexibility index (Phi) is 16.3. The maximum absolute atomic E-state index is 11.5. The summed E-state index contributed by atoms with van der Waals surface area (Å²) in [6.45, 7) is 12.0. The number of hydroxylamine groups is 2. The Morgan fingerprint density at radius 3 is 2.12 bits per heavy atom. The van der Waals surface area contributed by atoms with E-state index in [0.29, 0.717) is 11.5 Å². The van der Waals surface area contributed by atoms with E-state index in [2.05, 4.69) is 11.8 Å². The van der Waals surface area contributed by atoms with E-state index in [-0.39, 0.29) is 12.8 Å². The monoisotopic (exact) mass is 343 g/mol. The van der Waals surface area contributed by atoms with E-state index in [1.54, 1.807) is 6.08 Å². The fourth-order valence-corrected chi connectivity index (χ4v) is 1.71. The van der Waals surface area contributed by atoms with Crippen molar-refractivity contribution >= 4 is 18.0 Å². The maximum atomic E-state index is 11.5. The number of carbonyl (C=O) groups is 3. The first-order valence-corrected chi connectivity index (χ1v) is 8.99. The molecule has 0 aromatic rings. The molecule has 0 radical (unpaired) electrons. The SMILES string of the molecule is CC.CC.CCCC/C=C/C(CC)OC(=O)ON1C(=O)CCC1=O. The van der Waals surface area contributed by atoms with E-state index in [1.807, 2.05) is 40.7 Å². The average molecular weight is 343 g/mol. The van der Waals surface area contributed by atoms with Crippen LogP contribution in [0.2, 0.25) is 0 Å². The minimum absolute atomic E-state index is 0.0697. The van der Waals surface area contributed by atoms with Crippen LogP contribution in [0.4, 0.5) is 4.79 Å². The number of imide groups is 1. The van der Waals surface area contributed by atoms with Gasteiger partial charge >= 0.3 is 6.16 Å². The van der Waals surface area contributed by atoms with E-state index in [4.69, 9.17) is 4.74 Å². The molecule has 0 spiro atoms. The lowest BCUT2D eigenvalue weighted by molar-refractivity contribution is -0.178. The highest BCUT2D eigenvalue weighted by Gasteiger charge is 2.33. The molecule has 6 nitrogen and oxygen atoms in total. The van der Waals surface area contributed by atoms with Gasteiger partial charge in [0, 0.05) is 12.8 Å². The summed E-state index contributed by atoms with van der Waals surface area (Å²) in [5, 5.41) is 0.482. The minimum Gasteiger partial charge on any atom is -0.425 e. The Balaban J connectivity index is 0. The Labute approximate surface area is 146 Å². The second-order valence-corrected chi connectivity index (χ2v) is 4.56. The molecule has 1 rings (SSSR count). The van der Waals surface area contributed by atoms with Crippen LogP contribution in [0.1, 0.15) is 80.1 Å². The van der Waals surface area contributed by atoms with Crippen LogP contribution in [-0.2, 0) is 19.2 Å². The first-order valence-electron chi connectivity index (χ1n) is 8.99. The zero-order valence-corrected chi connectivity index (χ0v) is 16.0. The van der Waals surface area contributed by atoms with Gasteiger partial charge in [-0.15, -0.1) is 0 Å². The van der Waals surface area contributed by atoms with E-state index >= 15 is 0 Å². The van der Waals surface area contributed by atoms with Gasteiger partial charge in [0.25, 0.3) is 11.8 Å². The molecule has 0 N–H and O–H groups in total. The predicted octanol–water partition coefficient (Wildman–Crippen LogP) is 4.78. The third kappa shape index (κ3) is 10.0. The Morgan fingerprint density at radius 2 is 1.67 bits per heavy atom. The van der Waals surface area contributed by atoms with Crippen LogP contribution >= 0.6 is 0 Å². The molecule has 140 valence electrons. The standard InChI is InChI=1S/C14H21NO5.2C2H6/c1-3-5-6-7-8-11(4-2)19-14(18)20-15-12(16)9-10-13(15)17;2*1-2/h7-8,11H,3-6,9-10H2,1-2H3;2*1-2H3/b8-7+;;. The van der Waals surface area contributed by atoms with Crippen LogP contribution in [0, 0.1) is 0 Å². The van der Waals surface area contributed by atoms with Gasteiger partial charge in [0.15, 0.2) is 0 Å². The zero-order valence-electron chi connectivity index (χ0n) is 16.0. The van der Waals surface area contributed by atoms with Gasteiger partial charge in [-0.2, -0.15) is 0 Å². The average Bonchev–Trinajstić information content (AvgIpc) is 2.93. The number of rotatable bonds is 7. The summed E-state index contributed by atoms with van der Waals surface area (Å²) >= 11 is 0. The van der Waals surface area contributed by atoms with Gasteiger partial charge in [0.05, 0.1) is 0 Å². The van der Waals surface area contributed by atoms with Crippen LogP contribution in [-0.4, -0.2) is 29.1 Å². The molecular formula is C18H33NO5. The summed E-state index contributed by atoms with van der Waals surface area (Å²) in [7, 11) is 0. The predicted molar refractivity (Wildman–Crippen MR) is 94.1 cm³/mol. The number of allylic oxidation sites excluding steroid dienone is 1. The quantitative estimate of drug-likeness (QED) is 0.288. The highest BCUT2D eigenvalue weighted by atomic mass is 16.8. The summed E-state index contributed by atoms with van der Waals surface area (Å²) in [5.41, 5.74) is 0.